The Morgan fingerprint density at radius 3 is 2.39 bits per heavy atom. The lowest BCUT2D eigenvalue weighted by molar-refractivity contribution is -0.137. The lowest BCUT2D eigenvalue weighted by atomic mass is 10.1. The van der Waals surface area contributed by atoms with E-state index in [4.69, 9.17) is 0 Å². The fourth-order valence-electron chi connectivity index (χ4n) is 3.45. The first-order valence-corrected chi connectivity index (χ1v) is 9.63. The minimum atomic E-state index is -4.58. The van der Waals surface area contributed by atoms with Crippen LogP contribution in [0.1, 0.15) is 39.3 Å². The van der Waals surface area contributed by atoms with E-state index < -0.39 is 17.6 Å². The van der Waals surface area contributed by atoms with Crippen LogP contribution in [0.5, 0.6) is 0 Å². The lowest BCUT2D eigenvalue weighted by Crippen LogP contribution is -2.28. The highest BCUT2D eigenvalue weighted by atomic mass is 19.4. The Bertz CT molecular complexity index is 1120. The zero-order valence-electron chi connectivity index (χ0n) is 16.3. The maximum Gasteiger partial charge on any atom is 0.418 e. The van der Waals surface area contributed by atoms with Crippen molar-refractivity contribution in [2.75, 3.05) is 18.4 Å². The van der Waals surface area contributed by atoms with Crippen molar-refractivity contribution in [1.82, 2.24) is 19.9 Å². The molecule has 1 aliphatic heterocycles. The summed E-state index contributed by atoms with van der Waals surface area (Å²) in [5.74, 6) is -0.867. The van der Waals surface area contributed by atoms with Crippen LogP contribution in [0.2, 0.25) is 0 Å². The SMILES string of the molecule is O=C(Nc1ccccc1C(=O)N1CCCC1)c1cn(-c2ccccc2C(F)(F)F)nn1. The van der Waals surface area contributed by atoms with Crippen LogP contribution in [0.25, 0.3) is 5.69 Å². The van der Waals surface area contributed by atoms with Gasteiger partial charge in [0.2, 0.25) is 0 Å². The van der Waals surface area contributed by atoms with Crippen molar-refractivity contribution >= 4 is 17.5 Å². The molecular formula is C21H18F3N5O2. The Labute approximate surface area is 175 Å². The van der Waals surface area contributed by atoms with Crippen molar-refractivity contribution in [1.29, 1.82) is 0 Å². The van der Waals surface area contributed by atoms with Crippen LogP contribution in [-0.4, -0.2) is 44.8 Å². The molecule has 4 rings (SSSR count). The summed E-state index contributed by atoms with van der Waals surface area (Å²) in [6.07, 6.45) is -1.60. The van der Waals surface area contributed by atoms with Crippen LogP contribution in [0.15, 0.2) is 54.7 Å². The first-order chi connectivity index (χ1) is 14.8. The third kappa shape index (κ3) is 4.27. The second-order valence-electron chi connectivity index (χ2n) is 7.06. The monoisotopic (exact) mass is 429 g/mol. The van der Waals surface area contributed by atoms with Crippen molar-refractivity contribution in [3.8, 4) is 5.69 Å². The molecule has 3 aromatic rings. The molecule has 0 radical (unpaired) electrons. The van der Waals surface area contributed by atoms with Crippen molar-refractivity contribution in [3.63, 3.8) is 0 Å². The van der Waals surface area contributed by atoms with Gasteiger partial charge in [-0.15, -0.1) is 5.10 Å². The molecule has 0 spiro atoms. The zero-order chi connectivity index (χ0) is 22.0. The van der Waals surface area contributed by atoms with Gasteiger partial charge in [-0.25, -0.2) is 4.68 Å². The molecule has 1 N–H and O–H groups in total. The summed E-state index contributed by atoms with van der Waals surface area (Å²) in [7, 11) is 0. The summed E-state index contributed by atoms with van der Waals surface area (Å²) in [5.41, 5.74) is -0.679. The molecule has 0 saturated carbocycles. The highest BCUT2D eigenvalue weighted by Gasteiger charge is 2.34. The number of anilines is 1. The van der Waals surface area contributed by atoms with E-state index in [0.717, 1.165) is 29.8 Å². The smallest absolute Gasteiger partial charge is 0.339 e. The number of carbonyl (C=O) groups excluding carboxylic acids is 2. The van der Waals surface area contributed by atoms with Gasteiger partial charge in [0.15, 0.2) is 5.69 Å². The number of para-hydroxylation sites is 2. The van der Waals surface area contributed by atoms with E-state index in [0.29, 0.717) is 24.3 Å². The summed E-state index contributed by atoms with van der Waals surface area (Å²) < 4.78 is 40.7. The van der Waals surface area contributed by atoms with Gasteiger partial charge in [-0.1, -0.05) is 29.5 Å². The number of amides is 2. The maximum absolute atomic E-state index is 13.3. The van der Waals surface area contributed by atoms with Crippen LogP contribution in [0.3, 0.4) is 0 Å². The number of hydrogen-bond acceptors (Lipinski definition) is 4. The molecule has 0 atom stereocenters. The van der Waals surface area contributed by atoms with Gasteiger partial charge < -0.3 is 10.2 Å². The van der Waals surface area contributed by atoms with E-state index in [1.165, 1.54) is 18.2 Å². The maximum atomic E-state index is 13.3. The van der Waals surface area contributed by atoms with Crippen molar-refractivity contribution in [2.45, 2.75) is 19.0 Å². The Hall–Kier alpha value is -3.69. The fourth-order valence-corrected chi connectivity index (χ4v) is 3.45. The number of benzene rings is 2. The number of hydrogen-bond donors (Lipinski definition) is 1. The number of nitrogens with one attached hydrogen (secondary N) is 1. The van der Waals surface area contributed by atoms with Gasteiger partial charge >= 0.3 is 6.18 Å². The summed E-state index contributed by atoms with van der Waals surface area (Å²) in [4.78, 5) is 27.1. The van der Waals surface area contributed by atoms with E-state index in [2.05, 4.69) is 15.6 Å². The molecular weight excluding hydrogens is 411 g/mol. The second-order valence-corrected chi connectivity index (χ2v) is 7.06. The molecule has 0 unspecified atom stereocenters. The summed E-state index contributed by atoms with van der Waals surface area (Å²) in [6.45, 7) is 1.32. The minimum absolute atomic E-state index is 0.180. The predicted molar refractivity (Wildman–Crippen MR) is 106 cm³/mol. The van der Waals surface area contributed by atoms with Crippen LogP contribution in [0, 0.1) is 0 Å². The molecule has 1 saturated heterocycles. The highest BCUT2D eigenvalue weighted by molar-refractivity contribution is 6.08. The van der Waals surface area contributed by atoms with Crippen LogP contribution >= 0.6 is 0 Å². The summed E-state index contributed by atoms with van der Waals surface area (Å²) >= 11 is 0. The lowest BCUT2D eigenvalue weighted by Gasteiger charge is -2.17. The number of aromatic nitrogens is 3. The van der Waals surface area contributed by atoms with Gasteiger partial charge in [-0.3, -0.25) is 9.59 Å². The van der Waals surface area contributed by atoms with E-state index in [9.17, 15) is 22.8 Å². The average molecular weight is 429 g/mol. The Kier molecular flexibility index (Phi) is 5.45. The fraction of sp³-hybridized carbons (Fsp3) is 0.238. The largest absolute Gasteiger partial charge is 0.418 e. The first kappa shape index (κ1) is 20.6. The van der Waals surface area contributed by atoms with Gasteiger partial charge in [0, 0.05) is 13.1 Å². The number of rotatable bonds is 4. The van der Waals surface area contributed by atoms with Gasteiger partial charge in [-0.05, 0) is 37.1 Å². The molecule has 2 heterocycles. The van der Waals surface area contributed by atoms with Gasteiger partial charge in [0.25, 0.3) is 11.8 Å². The number of nitrogens with zero attached hydrogens (tertiary/aromatic N) is 4. The number of halogens is 3. The van der Waals surface area contributed by atoms with Gasteiger partial charge in [-0.2, -0.15) is 13.2 Å². The van der Waals surface area contributed by atoms with Crippen LogP contribution in [0.4, 0.5) is 18.9 Å². The molecule has 1 fully saturated rings. The number of likely N-dealkylation sites (tertiary alicyclic amines) is 1. The minimum Gasteiger partial charge on any atom is -0.339 e. The molecule has 31 heavy (non-hydrogen) atoms. The number of alkyl halides is 3. The first-order valence-electron chi connectivity index (χ1n) is 9.63. The van der Waals surface area contributed by atoms with Crippen LogP contribution in [-0.2, 0) is 6.18 Å². The molecule has 160 valence electrons. The van der Waals surface area contributed by atoms with E-state index >= 15 is 0 Å². The molecule has 2 aromatic carbocycles. The third-order valence-electron chi connectivity index (χ3n) is 4.98. The second kappa shape index (κ2) is 8.21. The van der Waals surface area contributed by atoms with E-state index in [-0.39, 0.29) is 17.3 Å². The van der Waals surface area contributed by atoms with Crippen molar-refractivity contribution in [3.05, 3.63) is 71.5 Å². The standard InChI is InChI=1S/C21H18F3N5O2/c22-21(23,24)15-8-2-4-10-18(15)29-13-17(26-27-29)19(30)25-16-9-3-1-7-14(16)20(31)28-11-5-6-12-28/h1-4,7-10,13H,5-6,11-12H2,(H,25,30). The average Bonchev–Trinajstić information content (AvgIpc) is 3.45. The molecule has 0 bridgehead atoms. The van der Waals surface area contributed by atoms with E-state index in [1.54, 1.807) is 29.2 Å². The predicted octanol–water partition coefficient (Wildman–Crippen LogP) is 3.77. The van der Waals surface area contributed by atoms with Crippen molar-refractivity contribution < 1.29 is 22.8 Å². The van der Waals surface area contributed by atoms with Gasteiger partial charge in [0.1, 0.15) is 0 Å². The highest BCUT2D eigenvalue weighted by Crippen LogP contribution is 2.33. The summed E-state index contributed by atoms with van der Waals surface area (Å²) in [5, 5.41) is 9.99. The molecule has 2 amide bonds. The Morgan fingerprint density at radius 1 is 0.968 bits per heavy atom. The molecule has 1 aliphatic rings. The molecule has 1 aromatic heterocycles. The molecule has 10 heteroatoms. The van der Waals surface area contributed by atoms with Crippen molar-refractivity contribution in [2.24, 2.45) is 0 Å². The Balaban J connectivity index is 1.57. The Morgan fingerprint density at radius 2 is 1.65 bits per heavy atom. The third-order valence-corrected chi connectivity index (χ3v) is 4.98. The van der Waals surface area contributed by atoms with Gasteiger partial charge in [0.05, 0.1) is 28.7 Å². The quantitative estimate of drug-likeness (QED) is 0.685. The molecule has 0 aliphatic carbocycles. The number of carbonyl (C=O) groups is 2. The summed E-state index contributed by atoms with van der Waals surface area (Å²) in [6, 6.07) is 11.4. The topological polar surface area (TPSA) is 80.1 Å². The zero-order valence-corrected chi connectivity index (χ0v) is 16.3. The molecule has 7 nitrogen and oxygen atoms in total. The van der Waals surface area contributed by atoms with Crippen LogP contribution < -0.4 is 5.32 Å². The normalized spacial score (nSPS) is 14.0. The van der Waals surface area contributed by atoms with E-state index in [1.807, 2.05) is 0 Å².